The predicted molar refractivity (Wildman–Crippen MR) is 168 cm³/mol. The largest absolute Gasteiger partial charge is 0.488 e. The number of hydrogen-bond donors (Lipinski definition) is 0. The number of nitrogens with zero attached hydrogens (tertiary/aromatic N) is 3. The first kappa shape index (κ1) is 29.5. The topological polar surface area (TPSA) is 81.2 Å². The number of carbonyl (C=O) groups is 2. The minimum Gasteiger partial charge on any atom is -0.488 e. The molecule has 1 aliphatic carbocycles. The van der Waals surface area contributed by atoms with Crippen LogP contribution in [0.4, 0.5) is 9.93 Å². The van der Waals surface area contributed by atoms with Gasteiger partial charge in [0.2, 0.25) is 0 Å². The van der Waals surface area contributed by atoms with Crippen molar-refractivity contribution < 1.29 is 23.8 Å². The average Bonchev–Trinajstić information content (AvgIpc) is 3.30. The summed E-state index contributed by atoms with van der Waals surface area (Å²) in [5.74, 6) is 1.05. The number of amides is 1. The van der Waals surface area contributed by atoms with Crippen molar-refractivity contribution in [2.45, 2.75) is 66.1 Å². The van der Waals surface area contributed by atoms with Gasteiger partial charge in [-0.25, -0.2) is 9.78 Å². The highest BCUT2D eigenvalue weighted by atomic mass is 32.1. The van der Waals surface area contributed by atoms with E-state index < -0.39 is 5.60 Å². The highest BCUT2D eigenvalue weighted by Gasteiger charge is 2.66. The molecule has 0 N–H and O–H groups in total. The van der Waals surface area contributed by atoms with Gasteiger partial charge in [-0.3, -0.25) is 4.79 Å². The van der Waals surface area contributed by atoms with Gasteiger partial charge in [0.05, 0.1) is 18.2 Å². The molecule has 2 atom stereocenters. The van der Waals surface area contributed by atoms with Gasteiger partial charge in [0, 0.05) is 37.1 Å². The number of anilines is 1. The van der Waals surface area contributed by atoms with Gasteiger partial charge in [0.25, 0.3) is 0 Å². The summed E-state index contributed by atoms with van der Waals surface area (Å²) in [5, 5.41) is 3.01. The van der Waals surface area contributed by atoms with Crippen LogP contribution < -0.4 is 9.64 Å². The molecule has 1 amide bonds. The number of hydrogen-bond acceptors (Lipinski definition) is 8. The number of aromatic nitrogens is 1. The molecule has 0 bridgehead atoms. The van der Waals surface area contributed by atoms with Gasteiger partial charge in [-0.2, -0.15) is 0 Å². The number of ether oxygens (including phenoxy) is 3. The molecule has 3 aliphatic rings. The SMILES string of the molecule is COC(=O)[C@]12C[C@H]1CN(c1nc(-c3cc(C)ccc3OCc3ccc4c(c3C)CCN(C(=O)OC(C)(C)C)CC4)cs1)C2. The van der Waals surface area contributed by atoms with E-state index in [1.807, 2.05) is 31.7 Å². The van der Waals surface area contributed by atoms with Crippen LogP contribution in [0.5, 0.6) is 5.75 Å². The van der Waals surface area contributed by atoms with Crippen LogP contribution in [0.15, 0.2) is 35.7 Å². The van der Waals surface area contributed by atoms with E-state index in [0.717, 1.165) is 59.1 Å². The molecule has 1 aromatic heterocycles. The molecule has 2 fully saturated rings. The van der Waals surface area contributed by atoms with E-state index in [1.54, 1.807) is 11.3 Å². The number of thiazole rings is 1. The highest BCUT2D eigenvalue weighted by Crippen LogP contribution is 2.59. The zero-order chi connectivity index (χ0) is 30.5. The van der Waals surface area contributed by atoms with Crippen molar-refractivity contribution >= 4 is 28.5 Å². The molecule has 8 nitrogen and oxygen atoms in total. The second-order valence-electron chi connectivity index (χ2n) is 13.2. The van der Waals surface area contributed by atoms with Gasteiger partial charge < -0.3 is 24.0 Å². The van der Waals surface area contributed by atoms with Gasteiger partial charge in [0.15, 0.2) is 5.13 Å². The van der Waals surface area contributed by atoms with Crippen LogP contribution in [0.3, 0.4) is 0 Å². The Bertz CT molecular complexity index is 1560. The fourth-order valence-corrected chi connectivity index (χ4v) is 7.37. The lowest BCUT2D eigenvalue weighted by Gasteiger charge is -2.26. The molecule has 6 rings (SSSR count). The van der Waals surface area contributed by atoms with Crippen molar-refractivity contribution in [3.05, 3.63) is 63.5 Å². The summed E-state index contributed by atoms with van der Waals surface area (Å²) in [6.07, 6.45) is 2.26. The Kier molecular flexibility index (Phi) is 7.65. The Morgan fingerprint density at radius 3 is 2.67 bits per heavy atom. The Hall–Kier alpha value is -3.59. The molecule has 1 saturated carbocycles. The van der Waals surface area contributed by atoms with Gasteiger partial charge in [-0.15, -0.1) is 11.3 Å². The molecule has 9 heteroatoms. The second-order valence-corrected chi connectivity index (χ2v) is 14.0. The molecule has 3 aromatic rings. The maximum Gasteiger partial charge on any atom is 0.410 e. The third-order valence-electron chi connectivity index (χ3n) is 9.04. The number of benzene rings is 2. The highest BCUT2D eigenvalue weighted by molar-refractivity contribution is 7.14. The summed E-state index contributed by atoms with van der Waals surface area (Å²) >= 11 is 1.61. The lowest BCUT2D eigenvalue weighted by atomic mass is 9.94. The van der Waals surface area contributed by atoms with Crippen molar-refractivity contribution in [1.82, 2.24) is 9.88 Å². The van der Waals surface area contributed by atoms with E-state index >= 15 is 0 Å². The zero-order valence-electron chi connectivity index (χ0n) is 26.0. The maximum absolute atomic E-state index is 12.7. The first-order valence-electron chi connectivity index (χ1n) is 15.1. The van der Waals surface area contributed by atoms with E-state index in [-0.39, 0.29) is 17.5 Å². The van der Waals surface area contributed by atoms with Crippen LogP contribution in [0, 0.1) is 25.2 Å². The summed E-state index contributed by atoms with van der Waals surface area (Å²) in [4.78, 5) is 34.1. The van der Waals surface area contributed by atoms with E-state index in [1.165, 1.54) is 23.8 Å². The quantitative estimate of drug-likeness (QED) is 0.304. The zero-order valence-corrected chi connectivity index (χ0v) is 26.8. The van der Waals surface area contributed by atoms with Gasteiger partial charge in [0.1, 0.15) is 18.0 Å². The molecule has 2 aliphatic heterocycles. The lowest BCUT2D eigenvalue weighted by molar-refractivity contribution is -0.146. The van der Waals surface area contributed by atoms with E-state index in [0.29, 0.717) is 32.2 Å². The molecule has 1 saturated heterocycles. The lowest BCUT2D eigenvalue weighted by Crippen LogP contribution is -2.38. The molecule has 228 valence electrons. The van der Waals surface area contributed by atoms with Crippen molar-refractivity contribution in [3.8, 4) is 17.0 Å². The van der Waals surface area contributed by atoms with Gasteiger partial charge in [-0.05, 0) is 94.2 Å². The fraction of sp³-hybridized carbons (Fsp3) is 0.500. The van der Waals surface area contributed by atoms with E-state index in [2.05, 4.69) is 48.4 Å². The predicted octanol–water partition coefficient (Wildman–Crippen LogP) is 6.34. The Balaban J connectivity index is 1.16. The third-order valence-corrected chi connectivity index (χ3v) is 9.94. The minimum absolute atomic E-state index is 0.0976. The van der Waals surface area contributed by atoms with Crippen molar-refractivity contribution in [2.24, 2.45) is 11.3 Å². The number of rotatable bonds is 6. The van der Waals surface area contributed by atoms with Gasteiger partial charge in [-0.1, -0.05) is 23.8 Å². The summed E-state index contributed by atoms with van der Waals surface area (Å²) in [6.45, 7) is 13.2. The molecule has 0 unspecified atom stereocenters. The number of fused-ring (bicyclic) bond motifs is 2. The molecule has 2 aromatic carbocycles. The maximum atomic E-state index is 12.7. The molecular formula is C34H41N3O5S. The first-order chi connectivity index (χ1) is 20.5. The molecule has 0 radical (unpaired) electrons. The van der Waals surface area contributed by atoms with Crippen LogP contribution in [-0.4, -0.2) is 60.8 Å². The van der Waals surface area contributed by atoms with Crippen molar-refractivity contribution in [1.29, 1.82) is 0 Å². The summed E-state index contributed by atoms with van der Waals surface area (Å²) in [7, 11) is 1.48. The average molecular weight is 604 g/mol. The summed E-state index contributed by atoms with van der Waals surface area (Å²) in [5.41, 5.74) is 7.08. The number of esters is 1. The second kappa shape index (κ2) is 11.2. The van der Waals surface area contributed by atoms with Crippen LogP contribution in [0.25, 0.3) is 11.3 Å². The van der Waals surface area contributed by atoms with Crippen LogP contribution in [0.1, 0.15) is 55.0 Å². The minimum atomic E-state index is -0.507. The Morgan fingerprint density at radius 2 is 1.91 bits per heavy atom. The summed E-state index contributed by atoms with van der Waals surface area (Å²) < 4.78 is 17.2. The number of aryl methyl sites for hydroxylation is 1. The van der Waals surface area contributed by atoms with E-state index in [4.69, 9.17) is 19.2 Å². The first-order valence-corrected chi connectivity index (χ1v) is 16.0. The smallest absolute Gasteiger partial charge is 0.410 e. The standard InChI is InChI=1S/C34H41N3O5S/c1-21-7-10-29(27(15-21)28-19-43-31(35-28)37-17-25-16-34(25,20-37)30(38)40-6)41-18-24-9-8-23-11-13-36(14-12-26(23)22(24)2)32(39)42-33(3,4)5/h7-10,15,19,25H,11-14,16-18,20H2,1-6H3/t25-,34-/m0/s1. The summed E-state index contributed by atoms with van der Waals surface area (Å²) in [6, 6.07) is 10.6. The number of piperidine rings is 1. The molecule has 43 heavy (non-hydrogen) atoms. The third kappa shape index (κ3) is 5.84. The van der Waals surface area contributed by atoms with Crippen LogP contribution in [0.2, 0.25) is 0 Å². The monoisotopic (exact) mass is 603 g/mol. The molecular weight excluding hydrogens is 562 g/mol. The van der Waals surface area contributed by atoms with Crippen molar-refractivity contribution in [3.63, 3.8) is 0 Å². The molecule has 0 spiro atoms. The van der Waals surface area contributed by atoms with Crippen LogP contribution >= 0.6 is 11.3 Å². The van der Waals surface area contributed by atoms with Crippen molar-refractivity contribution in [2.75, 3.05) is 38.2 Å². The Labute approximate surface area is 258 Å². The number of methoxy groups -OCH3 is 1. The Morgan fingerprint density at radius 1 is 1.12 bits per heavy atom. The molecule has 3 heterocycles. The fourth-order valence-electron chi connectivity index (χ4n) is 6.53. The normalized spacial score (nSPS) is 21.1. The number of carbonyl (C=O) groups excluding carboxylic acids is 2. The van der Waals surface area contributed by atoms with E-state index in [9.17, 15) is 9.59 Å². The van der Waals surface area contributed by atoms with Gasteiger partial charge >= 0.3 is 12.1 Å². The van der Waals surface area contributed by atoms with Crippen LogP contribution in [-0.2, 0) is 33.7 Å².